The first-order chi connectivity index (χ1) is 8.72. The molecule has 1 aromatic carbocycles. The molecule has 0 saturated carbocycles. The van der Waals surface area contributed by atoms with E-state index in [0.29, 0.717) is 12.1 Å². The lowest BCUT2D eigenvalue weighted by molar-refractivity contribution is 0.659. The fraction of sp³-hybridized carbons (Fsp3) is 0.231. The van der Waals surface area contributed by atoms with Gasteiger partial charge in [0.2, 0.25) is 0 Å². The Morgan fingerprint density at radius 1 is 1.50 bits per heavy atom. The smallest absolute Gasteiger partial charge is 0.0992 e. The molecule has 2 rings (SSSR count). The molecule has 0 aliphatic carbocycles. The van der Waals surface area contributed by atoms with Crippen molar-refractivity contribution in [3.05, 3.63) is 46.2 Å². The Morgan fingerprint density at radius 3 is 2.94 bits per heavy atom. The molecule has 0 aliphatic heterocycles. The van der Waals surface area contributed by atoms with Gasteiger partial charge in [-0.25, -0.2) is 0 Å². The third kappa shape index (κ3) is 2.90. The summed E-state index contributed by atoms with van der Waals surface area (Å²) in [6.07, 6.45) is 3.87. The predicted molar refractivity (Wildman–Crippen MR) is 74.1 cm³/mol. The van der Waals surface area contributed by atoms with Gasteiger partial charge in [-0.2, -0.15) is 10.4 Å². The van der Waals surface area contributed by atoms with Crippen molar-refractivity contribution in [2.24, 2.45) is 0 Å². The van der Waals surface area contributed by atoms with Crippen LogP contribution in [0.2, 0.25) is 0 Å². The molecule has 18 heavy (non-hydrogen) atoms. The Hall–Kier alpha value is -1.80. The van der Waals surface area contributed by atoms with Gasteiger partial charge in [0.15, 0.2) is 0 Å². The van der Waals surface area contributed by atoms with E-state index in [1.165, 1.54) is 0 Å². The van der Waals surface area contributed by atoms with Crippen molar-refractivity contribution in [2.45, 2.75) is 20.0 Å². The molecular weight excluding hydrogens is 292 g/mol. The van der Waals surface area contributed by atoms with E-state index in [1.54, 1.807) is 12.1 Å². The van der Waals surface area contributed by atoms with Crippen LogP contribution in [0.3, 0.4) is 0 Å². The van der Waals surface area contributed by atoms with Crippen molar-refractivity contribution in [2.75, 3.05) is 5.32 Å². The maximum absolute atomic E-state index is 8.79. The van der Waals surface area contributed by atoms with Crippen LogP contribution in [0.15, 0.2) is 35.1 Å². The van der Waals surface area contributed by atoms with Crippen molar-refractivity contribution in [1.82, 2.24) is 9.78 Å². The topological polar surface area (TPSA) is 53.6 Å². The average molecular weight is 305 g/mol. The summed E-state index contributed by atoms with van der Waals surface area (Å²) in [6.45, 7) is 3.65. The number of nitriles is 1. The average Bonchev–Trinajstić information content (AvgIpc) is 2.85. The number of aromatic nitrogens is 2. The number of anilines is 1. The number of halogens is 1. The Labute approximate surface area is 114 Å². The normalized spacial score (nSPS) is 10.1. The maximum atomic E-state index is 8.79. The predicted octanol–water partition coefficient (Wildman–Crippen LogP) is 3.15. The van der Waals surface area contributed by atoms with Crippen LogP contribution in [0.4, 0.5) is 5.69 Å². The molecule has 0 saturated heterocycles. The first-order valence-electron chi connectivity index (χ1n) is 5.67. The molecule has 92 valence electrons. The van der Waals surface area contributed by atoms with Crippen molar-refractivity contribution >= 4 is 21.6 Å². The summed E-state index contributed by atoms with van der Waals surface area (Å²) in [6, 6.07) is 7.60. The largest absolute Gasteiger partial charge is 0.380 e. The third-order valence-corrected chi connectivity index (χ3v) is 3.25. The quantitative estimate of drug-likeness (QED) is 0.944. The summed E-state index contributed by atoms with van der Waals surface area (Å²) in [5, 5.41) is 16.3. The molecule has 0 radical (unpaired) electrons. The van der Waals surface area contributed by atoms with E-state index in [-0.39, 0.29) is 0 Å². The highest BCUT2D eigenvalue weighted by Gasteiger charge is 2.02. The Balaban J connectivity index is 2.04. The zero-order chi connectivity index (χ0) is 13.0. The molecule has 0 aliphatic rings. The van der Waals surface area contributed by atoms with E-state index in [4.69, 9.17) is 5.26 Å². The highest BCUT2D eigenvalue weighted by molar-refractivity contribution is 9.10. The standard InChI is InChI=1S/C13H13BrN4/c1-2-18-9-11(8-17-18)7-16-13-4-3-10(6-15)5-12(13)14/h3-5,8-9,16H,2,7H2,1H3. The van der Waals surface area contributed by atoms with Gasteiger partial charge < -0.3 is 5.32 Å². The highest BCUT2D eigenvalue weighted by Crippen LogP contribution is 2.23. The second-order valence-corrected chi connectivity index (χ2v) is 4.72. The van der Waals surface area contributed by atoms with Gasteiger partial charge >= 0.3 is 0 Å². The molecule has 1 aromatic heterocycles. The minimum atomic E-state index is 0.645. The van der Waals surface area contributed by atoms with Gasteiger partial charge in [-0.3, -0.25) is 4.68 Å². The number of aryl methyl sites for hydroxylation is 1. The molecule has 4 nitrogen and oxygen atoms in total. The molecule has 1 N–H and O–H groups in total. The molecule has 0 fully saturated rings. The van der Waals surface area contributed by atoms with Crippen LogP contribution in [-0.4, -0.2) is 9.78 Å². The van der Waals surface area contributed by atoms with Crippen LogP contribution in [0.5, 0.6) is 0 Å². The van der Waals surface area contributed by atoms with Gasteiger partial charge in [0.25, 0.3) is 0 Å². The van der Waals surface area contributed by atoms with E-state index in [9.17, 15) is 0 Å². The summed E-state index contributed by atoms with van der Waals surface area (Å²) in [5.74, 6) is 0. The SMILES string of the molecule is CCn1cc(CNc2ccc(C#N)cc2Br)cn1. The van der Waals surface area contributed by atoms with Gasteiger partial charge in [-0.15, -0.1) is 0 Å². The summed E-state index contributed by atoms with van der Waals surface area (Å²) < 4.78 is 2.79. The zero-order valence-electron chi connectivity index (χ0n) is 10.0. The summed E-state index contributed by atoms with van der Waals surface area (Å²) in [4.78, 5) is 0. The van der Waals surface area contributed by atoms with Crippen LogP contribution in [-0.2, 0) is 13.1 Å². The zero-order valence-corrected chi connectivity index (χ0v) is 11.6. The lowest BCUT2D eigenvalue weighted by Gasteiger charge is -2.07. The second-order valence-electron chi connectivity index (χ2n) is 3.86. The minimum Gasteiger partial charge on any atom is -0.380 e. The van der Waals surface area contributed by atoms with E-state index in [1.807, 2.05) is 23.1 Å². The minimum absolute atomic E-state index is 0.645. The summed E-state index contributed by atoms with van der Waals surface area (Å²) in [7, 11) is 0. The number of benzene rings is 1. The van der Waals surface area contributed by atoms with Crippen LogP contribution in [0.25, 0.3) is 0 Å². The molecule has 0 spiro atoms. The lowest BCUT2D eigenvalue weighted by Crippen LogP contribution is -1.99. The number of nitrogens with one attached hydrogen (secondary N) is 1. The number of hydrogen-bond acceptors (Lipinski definition) is 3. The number of nitrogens with zero attached hydrogens (tertiary/aromatic N) is 3. The summed E-state index contributed by atoms with van der Waals surface area (Å²) in [5.41, 5.74) is 2.75. The van der Waals surface area contributed by atoms with E-state index in [2.05, 4.69) is 39.3 Å². The first-order valence-corrected chi connectivity index (χ1v) is 6.47. The van der Waals surface area contributed by atoms with Crippen LogP contribution < -0.4 is 5.32 Å². The molecule has 0 amide bonds. The molecule has 5 heteroatoms. The van der Waals surface area contributed by atoms with Gasteiger partial charge in [0.1, 0.15) is 0 Å². The Morgan fingerprint density at radius 2 is 2.33 bits per heavy atom. The van der Waals surface area contributed by atoms with Crippen LogP contribution in [0, 0.1) is 11.3 Å². The lowest BCUT2D eigenvalue weighted by atomic mass is 10.2. The third-order valence-electron chi connectivity index (χ3n) is 2.59. The monoisotopic (exact) mass is 304 g/mol. The first kappa shape index (κ1) is 12.7. The molecule has 0 unspecified atom stereocenters. The van der Waals surface area contributed by atoms with Crippen molar-refractivity contribution in [3.63, 3.8) is 0 Å². The fourth-order valence-corrected chi connectivity index (χ4v) is 2.11. The van der Waals surface area contributed by atoms with Gasteiger partial charge in [0.05, 0.1) is 17.8 Å². The fourth-order valence-electron chi connectivity index (χ4n) is 1.60. The Bertz CT molecular complexity index is 583. The van der Waals surface area contributed by atoms with Crippen LogP contribution >= 0.6 is 15.9 Å². The maximum Gasteiger partial charge on any atom is 0.0992 e. The summed E-state index contributed by atoms with van der Waals surface area (Å²) >= 11 is 3.45. The highest BCUT2D eigenvalue weighted by atomic mass is 79.9. The van der Waals surface area contributed by atoms with Crippen molar-refractivity contribution in [3.8, 4) is 6.07 Å². The Kier molecular flexibility index (Phi) is 4.00. The van der Waals surface area contributed by atoms with Crippen LogP contribution in [0.1, 0.15) is 18.1 Å². The molecule has 2 aromatic rings. The van der Waals surface area contributed by atoms with Gasteiger partial charge in [-0.1, -0.05) is 0 Å². The molecule has 0 atom stereocenters. The van der Waals surface area contributed by atoms with E-state index >= 15 is 0 Å². The van der Waals surface area contributed by atoms with E-state index in [0.717, 1.165) is 22.3 Å². The van der Waals surface area contributed by atoms with Crippen molar-refractivity contribution < 1.29 is 0 Å². The van der Waals surface area contributed by atoms with Gasteiger partial charge in [0, 0.05) is 35.0 Å². The van der Waals surface area contributed by atoms with E-state index < -0.39 is 0 Å². The van der Waals surface area contributed by atoms with Gasteiger partial charge in [-0.05, 0) is 41.1 Å². The number of rotatable bonds is 4. The molecule has 1 heterocycles. The molecule has 0 bridgehead atoms. The number of hydrogen-bond donors (Lipinski definition) is 1. The molecular formula is C13H13BrN4. The second kappa shape index (κ2) is 5.69. The van der Waals surface area contributed by atoms with Crippen molar-refractivity contribution in [1.29, 1.82) is 5.26 Å².